The Bertz CT molecular complexity index is 1230. The molecular weight excluding hydrogens is 432 g/mol. The lowest BCUT2D eigenvalue weighted by molar-refractivity contribution is -0.384. The molecule has 4 rings (SSSR count). The second kappa shape index (κ2) is 8.78. The Hall–Kier alpha value is -3.94. The summed E-state index contributed by atoms with van der Waals surface area (Å²) in [5, 5.41) is 13.5. The maximum Gasteiger partial charge on any atom is 0.329 e. The smallest absolute Gasteiger partial charge is 0.329 e. The SMILES string of the molecule is CCCN1c2ccc(/C=C3/NC(=O)N(Cc4ccc([N+](=O)[O-])cc4)C3=O)cc2C(C)=CC1(C)C. The summed E-state index contributed by atoms with van der Waals surface area (Å²) in [7, 11) is 0. The van der Waals surface area contributed by atoms with Gasteiger partial charge in [-0.05, 0) is 62.1 Å². The van der Waals surface area contributed by atoms with Crippen LogP contribution < -0.4 is 10.2 Å². The normalized spacial score (nSPS) is 18.1. The number of nitro groups is 1. The molecule has 34 heavy (non-hydrogen) atoms. The van der Waals surface area contributed by atoms with E-state index in [0.29, 0.717) is 5.56 Å². The third-order valence-electron chi connectivity index (χ3n) is 6.21. The summed E-state index contributed by atoms with van der Waals surface area (Å²) in [4.78, 5) is 39.2. The standard InChI is InChI=1S/C26H28N4O4/c1-5-12-29-23-11-8-19(13-21(23)17(2)15-26(29,3)4)14-22-24(31)28(25(32)27-22)16-18-6-9-20(10-7-18)30(33)34/h6-11,13-15H,5,12,16H2,1-4H3,(H,27,32)/b22-14+. The molecule has 8 nitrogen and oxygen atoms in total. The molecule has 176 valence electrons. The van der Waals surface area contributed by atoms with Gasteiger partial charge in [0, 0.05) is 29.9 Å². The third kappa shape index (κ3) is 4.31. The maximum atomic E-state index is 12.9. The Balaban J connectivity index is 1.58. The lowest BCUT2D eigenvalue weighted by Gasteiger charge is -2.43. The number of non-ortho nitro benzene ring substituents is 1. The number of allylic oxidation sites excluding steroid dienone is 1. The predicted octanol–water partition coefficient (Wildman–Crippen LogP) is 5.10. The van der Waals surface area contributed by atoms with Crippen LogP contribution in [0.1, 0.15) is 50.8 Å². The largest absolute Gasteiger partial charge is 0.362 e. The Morgan fingerprint density at radius 3 is 2.47 bits per heavy atom. The highest BCUT2D eigenvalue weighted by atomic mass is 16.6. The van der Waals surface area contributed by atoms with Crippen LogP contribution in [-0.2, 0) is 11.3 Å². The van der Waals surface area contributed by atoms with E-state index in [2.05, 4.69) is 50.1 Å². The first-order valence-electron chi connectivity index (χ1n) is 11.3. The summed E-state index contributed by atoms with van der Waals surface area (Å²) < 4.78 is 0. The zero-order chi connectivity index (χ0) is 24.6. The quantitative estimate of drug-likeness (QED) is 0.280. The number of nitrogens with one attached hydrogen (secondary N) is 1. The van der Waals surface area contributed by atoms with Gasteiger partial charge in [0.25, 0.3) is 11.6 Å². The van der Waals surface area contributed by atoms with Gasteiger partial charge in [0.05, 0.1) is 17.0 Å². The first kappa shape index (κ1) is 23.2. The van der Waals surface area contributed by atoms with Crippen LogP contribution in [0.15, 0.2) is 54.2 Å². The van der Waals surface area contributed by atoms with Gasteiger partial charge in [-0.25, -0.2) is 4.79 Å². The fourth-order valence-electron chi connectivity index (χ4n) is 4.61. The summed E-state index contributed by atoms with van der Waals surface area (Å²) in [6.07, 6.45) is 4.98. The number of rotatable bonds is 6. The number of imide groups is 1. The molecule has 1 fully saturated rings. The average molecular weight is 461 g/mol. The van der Waals surface area contributed by atoms with Crippen LogP contribution in [0, 0.1) is 10.1 Å². The molecule has 0 spiro atoms. The molecule has 8 heteroatoms. The van der Waals surface area contributed by atoms with Crippen molar-refractivity contribution in [1.29, 1.82) is 0 Å². The van der Waals surface area contributed by atoms with E-state index in [1.807, 2.05) is 12.1 Å². The summed E-state index contributed by atoms with van der Waals surface area (Å²) in [5.74, 6) is -0.429. The molecule has 2 heterocycles. The zero-order valence-electron chi connectivity index (χ0n) is 19.8. The second-order valence-corrected chi connectivity index (χ2v) is 9.21. The summed E-state index contributed by atoms with van der Waals surface area (Å²) >= 11 is 0. The van der Waals surface area contributed by atoms with Crippen molar-refractivity contribution in [3.8, 4) is 0 Å². The van der Waals surface area contributed by atoms with Crippen molar-refractivity contribution >= 4 is 35.0 Å². The van der Waals surface area contributed by atoms with Gasteiger partial charge < -0.3 is 10.2 Å². The van der Waals surface area contributed by atoms with E-state index < -0.39 is 16.9 Å². The van der Waals surface area contributed by atoms with Crippen LogP contribution in [0.5, 0.6) is 0 Å². The van der Waals surface area contributed by atoms with E-state index in [0.717, 1.165) is 34.7 Å². The molecule has 0 radical (unpaired) electrons. The van der Waals surface area contributed by atoms with Crippen molar-refractivity contribution in [2.24, 2.45) is 0 Å². The second-order valence-electron chi connectivity index (χ2n) is 9.21. The Morgan fingerprint density at radius 2 is 1.82 bits per heavy atom. The van der Waals surface area contributed by atoms with Gasteiger partial charge in [0.1, 0.15) is 5.70 Å². The molecule has 2 aromatic carbocycles. The molecule has 0 atom stereocenters. The van der Waals surface area contributed by atoms with E-state index >= 15 is 0 Å². The lowest BCUT2D eigenvalue weighted by atomic mass is 9.87. The van der Waals surface area contributed by atoms with Gasteiger partial charge in [-0.1, -0.05) is 31.2 Å². The minimum atomic E-state index is -0.514. The molecule has 3 amide bonds. The molecule has 1 saturated heterocycles. The van der Waals surface area contributed by atoms with Gasteiger partial charge >= 0.3 is 6.03 Å². The molecule has 2 aliphatic heterocycles. The van der Waals surface area contributed by atoms with E-state index in [1.165, 1.54) is 17.7 Å². The highest BCUT2D eigenvalue weighted by Crippen LogP contribution is 2.39. The number of fused-ring (bicyclic) bond motifs is 1. The van der Waals surface area contributed by atoms with Gasteiger partial charge in [-0.15, -0.1) is 0 Å². The number of nitro benzene ring substituents is 1. The number of benzene rings is 2. The molecule has 0 bridgehead atoms. The Labute approximate surface area is 198 Å². The van der Waals surface area contributed by atoms with E-state index in [-0.39, 0.29) is 23.5 Å². The first-order valence-corrected chi connectivity index (χ1v) is 11.3. The molecule has 0 unspecified atom stereocenters. The number of carbonyl (C=O) groups is 2. The fourth-order valence-corrected chi connectivity index (χ4v) is 4.61. The van der Waals surface area contributed by atoms with E-state index in [9.17, 15) is 19.7 Å². The minimum Gasteiger partial charge on any atom is -0.362 e. The van der Waals surface area contributed by atoms with Crippen molar-refractivity contribution in [1.82, 2.24) is 10.2 Å². The average Bonchev–Trinajstić information content (AvgIpc) is 3.04. The lowest BCUT2D eigenvalue weighted by Crippen LogP contribution is -2.45. The van der Waals surface area contributed by atoms with Gasteiger partial charge in [0.2, 0.25) is 0 Å². The predicted molar refractivity (Wildman–Crippen MR) is 132 cm³/mol. The maximum absolute atomic E-state index is 12.9. The highest BCUT2D eigenvalue weighted by molar-refractivity contribution is 6.14. The van der Waals surface area contributed by atoms with Crippen LogP contribution in [-0.4, -0.2) is 33.8 Å². The van der Waals surface area contributed by atoms with E-state index in [4.69, 9.17) is 0 Å². The summed E-state index contributed by atoms with van der Waals surface area (Å²) in [6.45, 7) is 9.64. The number of urea groups is 1. The van der Waals surface area contributed by atoms with Crippen LogP contribution in [0.4, 0.5) is 16.2 Å². The molecular formula is C26H28N4O4. The molecule has 0 saturated carbocycles. The van der Waals surface area contributed by atoms with Crippen molar-refractivity contribution < 1.29 is 14.5 Å². The monoisotopic (exact) mass is 460 g/mol. The number of nitrogens with zero attached hydrogens (tertiary/aromatic N) is 3. The number of carbonyl (C=O) groups excluding carboxylic acids is 2. The number of hydrogen-bond donors (Lipinski definition) is 1. The fraction of sp³-hybridized carbons (Fsp3) is 0.308. The third-order valence-corrected chi connectivity index (χ3v) is 6.21. The van der Waals surface area contributed by atoms with Crippen LogP contribution in [0.2, 0.25) is 0 Å². The van der Waals surface area contributed by atoms with Crippen molar-refractivity contribution in [2.45, 2.75) is 46.2 Å². The van der Waals surface area contributed by atoms with E-state index in [1.54, 1.807) is 18.2 Å². The molecule has 1 N–H and O–H groups in total. The first-order chi connectivity index (χ1) is 16.1. The highest BCUT2D eigenvalue weighted by Gasteiger charge is 2.34. The molecule has 0 aromatic heterocycles. The number of amides is 3. The minimum absolute atomic E-state index is 0.0348. The molecule has 0 aliphatic carbocycles. The van der Waals surface area contributed by atoms with Crippen LogP contribution in [0.3, 0.4) is 0 Å². The molecule has 2 aromatic rings. The Morgan fingerprint density at radius 1 is 1.12 bits per heavy atom. The van der Waals surface area contributed by atoms with Gasteiger partial charge in [-0.2, -0.15) is 0 Å². The van der Waals surface area contributed by atoms with Crippen LogP contribution in [0.25, 0.3) is 11.6 Å². The summed E-state index contributed by atoms with van der Waals surface area (Å²) in [5.41, 5.74) is 4.98. The van der Waals surface area contributed by atoms with Gasteiger partial charge in [0.15, 0.2) is 0 Å². The Kier molecular flexibility index (Phi) is 6.00. The van der Waals surface area contributed by atoms with Crippen molar-refractivity contribution in [3.05, 3.63) is 81.0 Å². The van der Waals surface area contributed by atoms with Crippen molar-refractivity contribution in [3.63, 3.8) is 0 Å². The van der Waals surface area contributed by atoms with Crippen molar-refractivity contribution in [2.75, 3.05) is 11.4 Å². The zero-order valence-corrected chi connectivity index (χ0v) is 19.8. The van der Waals surface area contributed by atoms with Crippen LogP contribution >= 0.6 is 0 Å². The molecule has 2 aliphatic rings. The summed E-state index contributed by atoms with van der Waals surface area (Å²) in [6, 6.07) is 11.4. The number of hydrogen-bond acceptors (Lipinski definition) is 5. The number of anilines is 1. The topological polar surface area (TPSA) is 95.8 Å². The van der Waals surface area contributed by atoms with Gasteiger partial charge in [-0.3, -0.25) is 19.8 Å².